The minimum atomic E-state index is 0.00537. The molecule has 1 fully saturated rings. The SMILES string of the molecule is CCc1c(C(=O)N2CCNC(C)C2)[nH]c(C)c1C(C)=O. The lowest BCUT2D eigenvalue weighted by molar-refractivity contribution is 0.0702. The molecule has 0 radical (unpaired) electrons. The normalized spacial score (nSPS) is 19.2. The van der Waals surface area contributed by atoms with Crippen LogP contribution in [0.25, 0.3) is 0 Å². The van der Waals surface area contributed by atoms with Crippen LogP contribution in [0.2, 0.25) is 0 Å². The van der Waals surface area contributed by atoms with Gasteiger partial charge in [0.25, 0.3) is 5.91 Å². The zero-order valence-corrected chi connectivity index (χ0v) is 12.7. The number of nitrogens with one attached hydrogen (secondary N) is 2. The number of nitrogens with zero attached hydrogens (tertiary/aromatic N) is 1. The molecule has 1 atom stereocenters. The molecule has 1 unspecified atom stereocenters. The first kappa shape index (κ1) is 14.8. The standard InChI is InChI=1S/C15H23N3O2/c1-5-12-13(11(4)19)10(3)17-14(12)15(20)18-7-6-16-9(2)8-18/h9,16-17H,5-8H2,1-4H3. The Kier molecular flexibility index (Phi) is 4.28. The number of aromatic amines is 1. The van der Waals surface area contributed by atoms with E-state index < -0.39 is 0 Å². The Hall–Kier alpha value is -1.62. The molecule has 1 aromatic heterocycles. The molecule has 0 aromatic carbocycles. The topological polar surface area (TPSA) is 65.2 Å². The van der Waals surface area contributed by atoms with Crippen LogP contribution >= 0.6 is 0 Å². The van der Waals surface area contributed by atoms with Crippen LogP contribution in [0.15, 0.2) is 0 Å². The Balaban J connectivity index is 2.34. The van der Waals surface area contributed by atoms with Crippen molar-refractivity contribution in [3.05, 3.63) is 22.5 Å². The zero-order chi connectivity index (χ0) is 14.9. The quantitative estimate of drug-likeness (QED) is 0.823. The molecule has 5 nitrogen and oxygen atoms in total. The largest absolute Gasteiger partial charge is 0.354 e. The summed E-state index contributed by atoms with van der Waals surface area (Å²) in [6.45, 7) is 9.68. The molecule has 1 aliphatic rings. The van der Waals surface area contributed by atoms with Crippen LogP contribution in [0, 0.1) is 6.92 Å². The van der Waals surface area contributed by atoms with Crippen molar-refractivity contribution in [2.24, 2.45) is 0 Å². The molecule has 0 saturated carbocycles. The Labute approximate surface area is 119 Å². The number of H-pyrrole nitrogens is 1. The fraction of sp³-hybridized carbons (Fsp3) is 0.600. The molecule has 110 valence electrons. The van der Waals surface area contributed by atoms with E-state index in [1.165, 1.54) is 0 Å². The van der Waals surface area contributed by atoms with Gasteiger partial charge in [-0.25, -0.2) is 0 Å². The maximum Gasteiger partial charge on any atom is 0.270 e. The molecular formula is C15H23N3O2. The Morgan fingerprint density at radius 3 is 2.65 bits per heavy atom. The summed E-state index contributed by atoms with van der Waals surface area (Å²) in [4.78, 5) is 29.4. The van der Waals surface area contributed by atoms with Crippen LogP contribution in [0.3, 0.4) is 0 Å². The van der Waals surface area contributed by atoms with Crippen LogP contribution in [0.1, 0.15) is 52.9 Å². The highest BCUT2D eigenvalue weighted by Gasteiger charge is 2.27. The van der Waals surface area contributed by atoms with Gasteiger partial charge in [0.2, 0.25) is 0 Å². The third-order valence-corrected chi connectivity index (χ3v) is 3.87. The molecule has 1 amide bonds. The Morgan fingerprint density at radius 2 is 2.10 bits per heavy atom. The van der Waals surface area contributed by atoms with Gasteiger partial charge in [0.15, 0.2) is 5.78 Å². The second-order valence-electron chi connectivity index (χ2n) is 5.49. The molecule has 1 aromatic rings. The fourth-order valence-corrected chi connectivity index (χ4v) is 2.96. The van der Waals surface area contributed by atoms with Crippen molar-refractivity contribution in [3.63, 3.8) is 0 Å². The molecule has 2 rings (SSSR count). The molecular weight excluding hydrogens is 254 g/mol. The number of amides is 1. The van der Waals surface area contributed by atoms with E-state index in [0.29, 0.717) is 36.8 Å². The summed E-state index contributed by atoms with van der Waals surface area (Å²) in [6, 6.07) is 0.307. The number of carbonyl (C=O) groups excluding carboxylic acids is 2. The molecule has 2 heterocycles. The van der Waals surface area contributed by atoms with Crippen molar-refractivity contribution in [2.45, 2.75) is 40.2 Å². The minimum absolute atomic E-state index is 0.00537. The van der Waals surface area contributed by atoms with Gasteiger partial charge in [0.1, 0.15) is 5.69 Å². The number of carbonyl (C=O) groups is 2. The van der Waals surface area contributed by atoms with Crippen LogP contribution in [0.4, 0.5) is 0 Å². The van der Waals surface area contributed by atoms with Gasteiger partial charge in [-0.05, 0) is 32.8 Å². The molecule has 1 saturated heterocycles. The molecule has 0 spiro atoms. The highest BCUT2D eigenvalue weighted by atomic mass is 16.2. The zero-order valence-electron chi connectivity index (χ0n) is 12.7. The summed E-state index contributed by atoms with van der Waals surface area (Å²) < 4.78 is 0. The summed E-state index contributed by atoms with van der Waals surface area (Å²) >= 11 is 0. The summed E-state index contributed by atoms with van der Waals surface area (Å²) in [5.74, 6) is 0.0223. The van der Waals surface area contributed by atoms with Gasteiger partial charge in [-0.2, -0.15) is 0 Å². The van der Waals surface area contributed by atoms with E-state index in [-0.39, 0.29) is 11.7 Å². The lowest BCUT2D eigenvalue weighted by Gasteiger charge is -2.31. The van der Waals surface area contributed by atoms with Crippen molar-refractivity contribution in [2.75, 3.05) is 19.6 Å². The number of rotatable bonds is 3. The predicted molar refractivity (Wildman–Crippen MR) is 78.3 cm³/mol. The number of ketones is 1. The first-order valence-electron chi connectivity index (χ1n) is 7.20. The summed E-state index contributed by atoms with van der Waals surface area (Å²) in [6.07, 6.45) is 0.683. The van der Waals surface area contributed by atoms with E-state index in [9.17, 15) is 9.59 Å². The number of Topliss-reactive ketones (excluding diaryl/α,β-unsaturated/α-hetero) is 1. The monoisotopic (exact) mass is 277 g/mol. The van der Waals surface area contributed by atoms with E-state index in [1.807, 2.05) is 18.7 Å². The summed E-state index contributed by atoms with van der Waals surface area (Å²) in [5.41, 5.74) is 2.91. The van der Waals surface area contributed by atoms with Gasteiger partial charge in [-0.1, -0.05) is 6.92 Å². The summed E-state index contributed by atoms with van der Waals surface area (Å²) in [7, 11) is 0. The Bertz CT molecular complexity index is 533. The second kappa shape index (κ2) is 5.79. The maximum absolute atomic E-state index is 12.7. The molecule has 2 N–H and O–H groups in total. The van der Waals surface area contributed by atoms with E-state index in [0.717, 1.165) is 17.8 Å². The lowest BCUT2D eigenvalue weighted by Crippen LogP contribution is -2.51. The van der Waals surface area contributed by atoms with Crippen LogP contribution in [0.5, 0.6) is 0 Å². The van der Waals surface area contributed by atoms with Crippen molar-refractivity contribution < 1.29 is 9.59 Å². The average Bonchev–Trinajstić information content (AvgIpc) is 2.74. The number of aromatic nitrogens is 1. The van der Waals surface area contributed by atoms with Crippen LogP contribution in [-0.2, 0) is 6.42 Å². The first-order valence-corrected chi connectivity index (χ1v) is 7.20. The van der Waals surface area contributed by atoms with E-state index in [4.69, 9.17) is 0 Å². The Morgan fingerprint density at radius 1 is 1.40 bits per heavy atom. The van der Waals surface area contributed by atoms with Gasteiger partial charge < -0.3 is 15.2 Å². The average molecular weight is 277 g/mol. The van der Waals surface area contributed by atoms with Gasteiger partial charge in [0.05, 0.1) is 0 Å². The number of hydrogen-bond donors (Lipinski definition) is 2. The van der Waals surface area contributed by atoms with Crippen molar-refractivity contribution in [1.29, 1.82) is 0 Å². The van der Waals surface area contributed by atoms with Gasteiger partial charge in [-0.3, -0.25) is 9.59 Å². The lowest BCUT2D eigenvalue weighted by atomic mass is 10.0. The van der Waals surface area contributed by atoms with Crippen molar-refractivity contribution in [1.82, 2.24) is 15.2 Å². The summed E-state index contributed by atoms with van der Waals surface area (Å²) in [5, 5.41) is 3.32. The highest BCUT2D eigenvalue weighted by Crippen LogP contribution is 2.22. The van der Waals surface area contributed by atoms with E-state index in [2.05, 4.69) is 17.2 Å². The first-order chi connectivity index (χ1) is 9.45. The molecule has 1 aliphatic heterocycles. The molecule has 0 bridgehead atoms. The molecule has 5 heteroatoms. The smallest absolute Gasteiger partial charge is 0.270 e. The van der Waals surface area contributed by atoms with Gasteiger partial charge in [0, 0.05) is 36.9 Å². The van der Waals surface area contributed by atoms with E-state index in [1.54, 1.807) is 6.92 Å². The van der Waals surface area contributed by atoms with Gasteiger partial charge in [-0.15, -0.1) is 0 Å². The van der Waals surface area contributed by atoms with Crippen LogP contribution < -0.4 is 5.32 Å². The number of aryl methyl sites for hydroxylation is 1. The second-order valence-corrected chi connectivity index (χ2v) is 5.49. The van der Waals surface area contributed by atoms with Gasteiger partial charge >= 0.3 is 0 Å². The number of hydrogen-bond acceptors (Lipinski definition) is 3. The third-order valence-electron chi connectivity index (χ3n) is 3.87. The minimum Gasteiger partial charge on any atom is -0.354 e. The van der Waals surface area contributed by atoms with Crippen LogP contribution in [-0.4, -0.2) is 47.3 Å². The fourth-order valence-electron chi connectivity index (χ4n) is 2.96. The van der Waals surface area contributed by atoms with Crippen molar-refractivity contribution >= 4 is 11.7 Å². The highest BCUT2D eigenvalue weighted by molar-refractivity contribution is 6.02. The third kappa shape index (κ3) is 2.63. The maximum atomic E-state index is 12.7. The molecule has 0 aliphatic carbocycles. The number of piperazine rings is 1. The van der Waals surface area contributed by atoms with E-state index >= 15 is 0 Å². The molecule has 20 heavy (non-hydrogen) atoms. The van der Waals surface area contributed by atoms with Crippen molar-refractivity contribution in [3.8, 4) is 0 Å². The predicted octanol–water partition coefficient (Wildman–Crippen LogP) is 1.52.